The molecule has 0 aliphatic carbocycles. The molecule has 7 nitrogen and oxygen atoms in total. The Hall–Kier alpha value is -2.49. The number of halogens is 1. The fraction of sp³-hybridized carbons (Fsp3) is 0.381. The third kappa shape index (κ3) is 4.33. The molecule has 0 aromatic heterocycles. The van der Waals surface area contributed by atoms with E-state index >= 15 is 0 Å². The van der Waals surface area contributed by atoms with Crippen molar-refractivity contribution < 1.29 is 27.1 Å². The highest BCUT2D eigenvalue weighted by Gasteiger charge is 2.41. The highest BCUT2D eigenvalue weighted by Crippen LogP contribution is 2.26. The summed E-state index contributed by atoms with van der Waals surface area (Å²) in [7, 11) is -2.15. The second-order valence-corrected chi connectivity index (χ2v) is 9.42. The van der Waals surface area contributed by atoms with Crippen LogP contribution in [0.15, 0.2) is 53.4 Å². The van der Waals surface area contributed by atoms with Crippen LogP contribution in [0.1, 0.15) is 5.56 Å². The molecular formula is C21H23FN2O5S. The number of hydrogen-bond donors (Lipinski definition) is 0. The molecule has 4 rings (SSSR count). The van der Waals surface area contributed by atoms with Crippen LogP contribution in [0.25, 0.3) is 0 Å². The molecule has 2 saturated heterocycles. The van der Waals surface area contributed by atoms with Crippen LogP contribution in [0.5, 0.6) is 5.75 Å². The summed E-state index contributed by atoms with van der Waals surface area (Å²) in [6.07, 6.45) is -0.700. The first kappa shape index (κ1) is 20.8. The summed E-state index contributed by atoms with van der Waals surface area (Å²) in [5, 5.41) is 0. The van der Waals surface area contributed by atoms with Gasteiger partial charge in [-0.2, -0.15) is 4.31 Å². The molecule has 2 heterocycles. The van der Waals surface area contributed by atoms with E-state index in [1.165, 1.54) is 35.7 Å². The second-order valence-electron chi connectivity index (χ2n) is 7.48. The minimum atomic E-state index is -3.67. The van der Waals surface area contributed by atoms with Gasteiger partial charge < -0.3 is 14.4 Å². The Bertz CT molecular complexity index is 1010. The molecule has 2 atom stereocenters. The van der Waals surface area contributed by atoms with Gasteiger partial charge in [-0.05, 0) is 42.0 Å². The van der Waals surface area contributed by atoms with Crippen LogP contribution >= 0.6 is 0 Å². The van der Waals surface area contributed by atoms with Crippen molar-refractivity contribution in [3.63, 3.8) is 0 Å². The number of benzene rings is 2. The fourth-order valence-electron chi connectivity index (χ4n) is 3.88. The quantitative estimate of drug-likeness (QED) is 0.716. The normalized spacial score (nSPS) is 22.0. The lowest BCUT2D eigenvalue weighted by Crippen LogP contribution is -2.61. The van der Waals surface area contributed by atoms with E-state index in [4.69, 9.17) is 9.47 Å². The minimum absolute atomic E-state index is 0.102. The summed E-state index contributed by atoms with van der Waals surface area (Å²) in [5.41, 5.74) is 0.611. The summed E-state index contributed by atoms with van der Waals surface area (Å²) in [4.78, 5) is 14.6. The molecule has 0 unspecified atom stereocenters. The molecule has 9 heteroatoms. The van der Waals surface area contributed by atoms with Gasteiger partial charge in [-0.15, -0.1) is 0 Å². The molecule has 2 aromatic rings. The maximum Gasteiger partial charge on any atom is 0.243 e. The van der Waals surface area contributed by atoms with Gasteiger partial charge >= 0.3 is 0 Å². The molecule has 2 fully saturated rings. The summed E-state index contributed by atoms with van der Waals surface area (Å²) >= 11 is 0. The van der Waals surface area contributed by atoms with Crippen LogP contribution in [0.4, 0.5) is 4.39 Å². The van der Waals surface area contributed by atoms with Crippen molar-refractivity contribution in [1.29, 1.82) is 0 Å². The molecule has 160 valence electrons. The Labute approximate surface area is 175 Å². The van der Waals surface area contributed by atoms with Crippen LogP contribution in [0.3, 0.4) is 0 Å². The lowest BCUT2D eigenvalue weighted by molar-refractivity contribution is -0.153. The number of fused-ring (bicyclic) bond motifs is 2. The van der Waals surface area contributed by atoms with Gasteiger partial charge in [0.25, 0.3) is 0 Å². The summed E-state index contributed by atoms with van der Waals surface area (Å²) in [5.74, 6) is 0.0872. The second kappa shape index (κ2) is 8.33. The zero-order valence-corrected chi connectivity index (χ0v) is 17.3. The van der Waals surface area contributed by atoms with Crippen LogP contribution in [-0.2, 0) is 26.0 Å². The molecule has 0 saturated carbocycles. The smallest absolute Gasteiger partial charge is 0.243 e. The van der Waals surface area contributed by atoms with E-state index in [2.05, 4.69) is 0 Å². The molecular weight excluding hydrogens is 411 g/mol. The number of hydrogen-bond acceptors (Lipinski definition) is 5. The first-order valence-electron chi connectivity index (χ1n) is 9.67. The van der Waals surface area contributed by atoms with Crippen molar-refractivity contribution in [2.24, 2.45) is 0 Å². The molecule has 0 radical (unpaired) electrons. The number of ether oxygens (including phenoxy) is 2. The number of nitrogens with zero attached hydrogens (tertiary/aromatic N) is 2. The van der Waals surface area contributed by atoms with E-state index in [0.29, 0.717) is 24.4 Å². The summed E-state index contributed by atoms with van der Waals surface area (Å²) in [6, 6.07) is 12.2. The van der Waals surface area contributed by atoms with Crippen LogP contribution in [0, 0.1) is 5.82 Å². The van der Waals surface area contributed by atoms with Crippen molar-refractivity contribution in [1.82, 2.24) is 9.21 Å². The average Bonchev–Trinajstić information content (AvgIpc) is 2.73. The number of carbonyl (C=O) groups excluding carboxylic acids is 1. The number of morpholine rings is 2. The minimum Gasteiger partial charge on any atom is -0.497 e. The SMILES string of the molecule is COc1ccc(S(=O)(=O)N2C[C@H]3CN(C(=O)Cc4cccc(F)c4)C[C@@H](C2)O3)cc1. The monoisotopic (exact) mass is 434 g/mol. The Morgan fingerprint density at radius 2 is 1.77 bits per heavy atom. The molecule has 1 amide bonds. The van der Waals surface area contributed by atoms with Crippen molar-refractivity contribution in [3.05, 3.63) is 59.9 Å². The maximum absolute atomic E-state index is 13.4. The molecule has 2 aliphatic rings. The Morgan fingerprint density at radius 3 is 2.37 bits per heavy atom. The largest absolute Gasteiger partial charge is 0.497 e. The van der Waals surface area contributed by atoms with Gasteiger partial charge in [0.2, 0.25) is 15.9 Å². The predicted molar refractivity (Wildman–Crippen MR) is 107 cm³/mol. The average molecular weight is 434 g/mol. The number of rotatable bonds is 5. The number of carbonyl (C=O) groups is 1. The Kier molecular flexibility index (Phi) is 5.77. The third-order valence-corrected chi connectivity index (χ3v) is 7.19. The zero-order chi connectivity index (χ0) is 21.3. The highest BCUT2D eigenvalue weighted by atomic mass is 32.2. The van der Waals surface area contributed by atoms with E-state index in [1.54, 1.807) is 29.2 Å². The van der Waals surface area contributed by atoms with E-state index < -0.39 is 22.2 Å². The van der Waals surface area contributed by atoms with E-state index in [0.717, 1.165) is 0 Å². The van der Waals surface area contributed by atoms with Crippen LogP contribution in [0.2, 0.25) is 0 Å². The number of amides is 1. The molecule has 0 spiro atoms. The van der Waals surface area contributed by atoms with E-state index in [9.17, 15) is 17.6 Å². The molecule has 2 aromatic carbocycles. The van der Waals surface area contributed by atoms with Gasteiger partial charge in [0.1, 0.15) is 11.6 Å². The van der Waals surface area contributed by atoms with Gasteiger partial charge in [0.05, 0.1) is 30.6 Å². The number of sulfonamides is 1. The summed E-state index contributed by atoms with van der Waals surface area (Å²) < 4.78 is 51.8. The van der Waals surface area contributed by atoms with Gasteiger partial charge in [0.15, 0.2) is 0 Å². The van der Waals surface area contributed by atoms with Crippen molar-refractivity contribution in [3.8, 4) is 5.75 Å². The molecule has 2 bridgehead atoms. The van der Waals surface area contributed by atoms with Gasteiger partial charge in [-0.1, -0.05) is 12.1 Å². The van der Waals surface area contributed by atoms with Crippen molar-refractivity contribution >= 4 is 15.9 Å². The maximum atomic E-state index is 13.4. The van der Waals surface area contributed by atoms with Gasteiger partial charge in [-0.25, -0.2) is 12.8 Å². The molecule has 0 N–H and O–H groups in total. The lowest BCUT2D eigenvalue weighted by atomic mass is 10.1. The van der Waals surface area contributed by atoms with Gasteiger partial charge in [0, 0.05) is 26.2 Å². The van der Waals surface area contributed by atoms with Crippen molar-refractivity contribution in [2.45, 2.75) is 23.5 Å². The molecule has 2 aliphatic heterocycles. The zero-order valence-electron chi connectivity index (χ0n) is 16.5. The lowest BCUT2D eigenvalue weighted by Gasteiger charge is -2.45. The number of methoxy groups -OCH3 is 1. The summed E-state index contributed by atoms with van der Waals surface area (Å²) in [6.45, 7) is 0.960. The Balaban J connectivity index is 1.42. The fourth-order valence-corrected chi connectivity index (χ4v) is 5.39. The standard InChI is InChI=1S/C21H23FN2O5S/c1-28-17-5-7-20(8-6-17)30(26,27)24-13-18-11-23(12-19(14-24)29-18)21(25)10-15-3-2-4-16(22)9-15/h2-9,18-19H,10-14H2,1H3/t18-,19+. The predicted octanol–water partition coefficient (Wildman–Crippen LogP) is 1.68. The Morgan fingerprint density at radius 1 is 1.10 bits per heavy atom. The van der Waals surface area contributed by atoms with E-state index in [-0.39, 0.29) is 36.1 Å². The topological polar surface area (TPSA) is 76.2 Å². The van der Waals surface area contributed by atoms with Gasteiger partial charge in [-0.3, -0.25) is 4.79 Å². The van der Waals surface area contributed by atoms with E-state index in [1.807, 2.05) is 0 Å². The van der Waals surface area contributed by atoms with Crippen LogP contribution in [-0.4, -0.2) is 69.0 Å². The highest BCUT2D eigenvalue weighted by molar-refractivity contribution is 7.89. The first-order chi connectivity index (χ1) is 14.3. The molecule has 30 heavy (non-hydrogen) atoms. The third-order valence-electron chi connectivity index (χ3n) is 5.34. The first-order valence-corrected chi connectivity index (χ1v) is 11.1. The van der Waals surface area contributed by atoms with Crippen molar-refractivity contribution in [2.75, 3.05) is 33.3 Å². The van der Waals surface area contributed by atoms with Crippen LogP contribution < -0.4 is 4.74 Å².